The molecule has 7 nitrogen and oxygen atoms in total. The molecule has 1 aromatic heterocycles. The lowest BCUT2D eigenvalue weighted by atomic mass is 9.79. The van der Waals surface area contributed by atoms with Crippen LogP contribution in [0.25, 0.3) is 0 Å². The van der Waals surface area contributed by atoms with E-state index in [0.29, 0.717) is 18.1 Å². The molecule has 2 heterocycles. The van der Waals surface area contributed by atoms with Crippen LogP contribution in [0.4, 0.5) is 5.82 Å². The highest BCUT2D eigenvalue weighted by Gasteiger charge is 2.30. The average molecular weight is 438 g/mol. The van der Waals surface area contributed by atoms with Crippen molar-refractivity contribution in [3.8, 4) is 0 Å². The number of ether oxygens (including phenoxy) is 1. The molecule has 1 aliphatic heterocycles. The zero-order valence-electron chi connectivity index (χ0n) is 18.3. The maximum atomic E-state index is 12.2. The van der Waals surface area contributed by atoms with Crippen LogP contribution in [0.3, 0.4) is 0 Å². The summed E-state index contributed by atoms with van der Waals surface area (Å²) in [6, 6.07) is 12.0. The first kappa shape index (κ1) is 22.3. The van der Waals surface area contributed by atoms with Crippen molar-refractivity contribution in [3.63, 3.8) is 0 Å². The predicted octanol–water partition coefficient (Wildman–Crippen LogP) is 3.44. The van der Waals surface area contributed by atoms with Gasteiger partial charge in [0.2, 0.25) is 0 Å². The Morgan fingerprint density at radius 1 is 1.19 bits per heavy atom. The number of anilines is 1. The number of fused-ring (bicyclic) bond motifs is 1. The molecule has 170 valence electrons. The Morgan fingerprint density at radius 2 is 2.00 bits per heavy atom. The van der Waals surface area contributed by atoms with Gasteiger partial charge in [-0.3, -0.25) is 4.79 Å². The van der Waals surface area contributed by atoms with Crippen LogP contribution in [0.5, 0.6) is 0 Å². The molecular formula is C25H31N3O4. The fourth-order valence-electron chi connectivity index (χ4n) is 4.35. The Balaban J connectivity index is 1.14. The first-order chi connectivity index (χ1) is 15.6. The van der Waals surface area contributed by atoms with Gasteiger partial charge in [0.05, 0.1) is 6.10 Å². The van der Waals surface area contributed by atoms with Crippen molar-refractivity contribution in [2.45, 2.75) is 57.1 Å². The van der Waals surface area contributed by atoms with Crippen LogP contribution in [0.15, 0.2) is 42.5 Å². The number of carbonyl (C=O) groups is 2. The lowest BCUT2D eigenvalue weighted by molar-refractivity contribution is -0.140. The van der Waals surface area contributed by atoms with Gasteiger partial charge in [0, 0.05) is 30.8 Å². The van der Waals surface area contributed by atoms with E-state index in [4.69, 9.17) is 9.72 Å². The molecule has 1 saturated carbocycles. The number of hydrogen-bond donors (Lipinski definition) is 3. The van der Waals surface area contributed by atoms with Gasteiger partial charge >= 0.3 is 5.97 Å². The molecule has 1 atom stereocenters. The molecule has 1 aliphatic carbocycles. The van der Waals surface area contributed by atoms with Gasteiger partial charge in [-0.1, -0.05) is 24.3 Å². The van der Waals surface area contributed by atoms with E-state index in [9.17, 15) is 14.7 Å². The summed E-state index contributed by atoms with van der Waals surface area (Å²) < 4.78 is 5.86. The van der Waals surface area contributed by atoms with Crippen molar-refractivity contribution in [3.05, 3.63) is 59.3 Å². The molecule has 1 fully saturated rings. The number of hydrogen-bond acceptors (Lipinski definition) is 5. The first-order valence-electron chi connectivity index (χ1n) is 11.5. The van der Waals surface area contributed by atoms with Crippen LogP contribution in [-0.4, -0.2) is 47.3 Å². The van der Waals surface area contributed by atoms with Crippen molar-refractivity contribution >= 4 is 17.7 Å². The average Bonchev–Trinajstić information content (AvgIpc) is 2.79. The maximum Gasteiger partial charge on any atom is 0.326 e. The number of benzene rings is 1. The van der Waals surface area contributed by atoms with Crippen molar-refractivity contribution < 1.29 is 19.4 Å². The third-order valence-electron chi connectivity index (χ3n) is 6.35. The number of aryl methyl sites for hydroxylation is 2. The Labute approximate surface area is 188 Å². The molecule has 1 aromatic carbocycles. The fraction of sp³-hybridized carbons (Fsp3) is 0.480. The summed E-state index contributed by atoms with van der Waals surface area (Å²) in [5, 5.41) is 15.4. The number of aliphatic carboxylic acids is 1. The summed E-state index contributed by atoms with van der Waals surface area (Å²) >= 11 is 0. The van der Waals surface area contributed by atoms with Crippen LogP contribution in [0.2, 0.25) is 0 Å². The first-order valence-corrected chi connectivity index (χ1v) is 11.5. The molecule has 7 heteroatoms. The van der Waals surface area contributed by atoms with E-state index in [-0.39, 0.29) is 18.4 Å². The lowest BCUT2D eigenvalue weighted by Gasteiger charge is -2.35. The van der Waals surface area contributed by atoms with Gasteiger partial charge in [-0.25, -0.2) is 9.78 Å². The standard InChI is InChI=1S/C25H31N3O4/c29-24(19-5-2-1-3-6-19)28-22(25(30)31)12-14-32-21-15-17(16-21)8-10-20-11-9-18-7-4-13-26-23(18)27-20/h1-3,5-6,9,11,17,21-22H,4,7-8,10,12-16H2,(H,26,27)(H,28,29)(H,30,31)/t17-,21-,22?. The molecule has 0 saturated heterocycles. The number of rotatable bonds is 10. The van der Waals surface area contributed by atoms with E-state index in [1.807, 2.05) is 6.07 Å². The number of amides is 1. The van der Waals surface area contributed by atoms with E-state index >= 15 is 0 Å². The highest BCUT2D eigenvalue weighted by atomic mass is 16.5. The fourth-order valence-corrected chi connectivity index (χ4v) is 4.35. The Bertz CT molecular complexity index is 928. The summed E-state index contributed by atoms with van der Waals surface area (Å²) in [4.78, 5) is 28.5. The van der Waals surface area contributed by atoms with Crippen LogP contribution in [-0.2, 0) is 22.4 Å². The third kappa shape index (κ3) is 5.85. The molecule has 2 aliphatic rings. The monoisotopic (exact) mass is 437 g/mol. The molecule has 2 aromatic rings. The molecule has 0 bridgehead atoms. The minimum Gasteiger partial charge on any atom is -0.480 e. The zero-order chi connectivity index (χ0) is 22.3. The summed E-state index contributed by atoms with van der Waals surface area (Å²) in [5.41, 5.74) is 2.91. The number of carbonyl (C=O) groups excluding carboxylic acids is 1. The molecule has 4 rings (SSSR count). The second-order valence-electron chi connectivity index (χ2n) is 8.73. The zero-order valence-corrected chi connectivity index (χ0v) is 18.3. The van der Waals surface area contributed by atoms with E-state index < -0.39 is 12.0 Å². The van der Waals surface area contributed by atoms with Gasteiger partial charge in [-0.05, 0) is 68.2 Å². The molecule has 0 radical (unpaired) electrons. The molecule has 3 N–H and O–H groups in total. The number of nitrogens with zero attached hydrogens (tertiary/aromatic N) is 1. The van der Waals surface area contributed by atoms with E-state index in [0.717, 1.165) is 50.2 Å². The van der Waals surface area contributed by atoms with E-state index in [1.54, 1.807) is 24.3 Å². The summed E-state index contributed by atoms with van der Waals surface area (Å²) in [7, 11) is 0. The topological polar surface area (TPSA) is 101 Å². The molecule has 1 unspecified atom stereocenters. The van der Waals surface area contributed by atoms with Crippen LogP contribution in [0.1, 0.15) is 53.7 Å². The molecule has 0 spiro atoms. The highest BCUT2D eigenvalue weighted by molar-refractivity contribution is 5.96. The van der Waals surface area contributed by atoms with Gasteiger partial charge in [0.15, 0.2) is 0 Å². The summed E-state index contributed by atoms with van der Waals surface area (Å²) in [6.45, 7) is 1.32. The van der Waals surface area contributed by atoms with Gasteiger partial charge in [-0.2, -0.15) is 0 Å². The molecule has 1 amide bonds. The van der Waals surface area contributed by atoms with E-state index in [2.05, 4.69) is 22.8 Å². The third-order valence-corrected chi connectivity index (χ3v) is 6.35. The Morgan fingerprint density at radius 3 is 2.78 bits per heavy atom. The predicted molar refractivity (Wildman–Crippen MR) is 122 cm³/mol. The molecular weight excluding hydrogens is 406 g/mol. The van der Waals surface area contributed by atoms with Gasteiger partial charge in [-0.15, -0.1) is 0 Å². The van der Waals surface area contributed by atoms with Gasteiger partial charge < -0.3 is 20.5 Å². The second-order valence-corrected chi connectivity index (χ2v) is 8.73. The Hall–Kier alpha value is -2.93. The van der Waals surface area contributed by atoms with Crippen molar-refractivity contribution in [1.82, 2.24) is 10.3 Å². The summed E-state index contributed by atoms with van der Waals surface area (Å²) in [6.07, 6.45) is 6.77. The lowest BCUT2D eigenvalue weighted by Crippen LogP contribution is -2.42. The van der Waals surface area contributed by atoms with Crippen LogP contribution >= 0.6 is 0 Å². The van der Waals surface area contributed by atoms with Gasteiger partial charge in [0.1, 0.15) is 11.9 Å². The maximum absolute atomic E-state index is 12.2. The van der Waals surface area contributed by atoms with Crippen molar-refractivity contribution in [1.29, 1.82) is 0 Å². The Kier molecular flexibility index (Phi) is 7.37. The summed E-state index contributed by atoms with van der Waals surface area (Å²) in [5.74, 6) is 0.249. The number of carboxylic acids is 1. The SMILES string of the molecule is O=C(NC(CCO[C@H]1C[C@H](CCc2ccc3c(n2)NCCC3)C1)C(=O)O)c1ccccc1. The van der Waals surface area contributed by atoms with Crippen LogP contribution < -0.4 is 10.6 Å². The smallest absolute Gasteiger partial charge is 0.326 e. The minimum atomic E-state index is -1.04. The highest BCUT2D eigenvalue weighted by Crippen LogP contribution is 2.34. The van der Waals surface area contributed by atoms with E-state index in [1.165, 1.54) is 12.0 Å². The molecule has 32 heavy (non-hydrogen) atoms. The normalized spacial score (nSPS) is 20.4. The number of aromatic nitrogens is 1. The second kappa shape index (κ2) is 10.6. The van der Waals surface area contributed by atoms with Gasteiger partial charge in [0.25, 0.3) is 5.91 Å². The number of pyridine rings is 1. The number of carboxylic acid groups (broad SMARTS) is 1. The minimum absolute atomic E-state index is 0.178. The van der Waals surface area contributed by atoms with Crippen molar-refractivity contribution in [2.24, 2.45) is 5.92 Å². The van der Waals surface area contributed by atoms with Crippen LogP contribution in [0, 0.1) is 5.92 Å². The largest absolute Gasteiger partial charge is 0.480 e. The number of nitrogens with one attached hydrogen (secondary N) is 2. The van der Waals surface area contributed by atoms with Crippen molar-refractivity contribution in [2.75, 3.05) is 18.5 Å². The quantitative estimate of drug-likeness (QED) is 0.526.